The van der Waals surface area contributed by atoms with E-state index in [0.29, 0.717) is 19.3 Å². The van der Waals surface area contributed by atoms with Gasteiger partial charge in [0.2, 0.25) is 0 Å². The number of hydrogen-bond donors (Lipinski definition) is 3. The van der Waals surface area contributed by atoms with Gasteiger partial charge >= 0.3 is 23.9 Å². The molecule has 12 heteroatoms. The predicted octanol–water partition coefficient (Wildman–Crippen LogP) is 16.5. The number of carboxylic acid groups (broad SMARTS) is 1. The maximum absolute atomic E-state index is 13.2. The van der Waals surface area contributed by atoms with Crippen molar-refractivity contribution in [3.63, 3.8) is 0 Å². The number of aliphatic carboxylic acids is 1. The lowest BCUT2D eigenvalue weighted by Gasteiger charge is -2.40. The lowest BCUT2D eigenvalue weighted by molar-refractivity contribution is -0.301. The second kappa shape index (κ2) is 54.2. The van der Waals surface area contributed by atoms with Gasteiger partial charge in [0.1, 0.15) is 18.8 Å². The third-order valence-electron chi connectivity index (χ3n) is 13.6. The molecule has 450 valence electrons. The van der Waals surface area contributed by atoms with Gasteiger partial charge in [-0.15, -0.1) is 0 Å². The highest BCUT2D eigenvalue weighted by Gasteiger charge is 2.50. The van der Waals surface area contributed by atoms with Crippen LogP contribution in [0.3, 0.4) is 0 Å². The molecule has 12 nitrogen and oxygen atoms in total. The average Bonchev–Trinajstić information content (AvgIpc) is 3.46. The van der Waals surface area contributed by atoms with Crippen molar-refractivity contribution < 1.29 is 58.2 Å². The standard InChI is InChI=1S/C67H110O12/c1-4-7-10-13-16-19-22-25-27-29-30-32-33-36-38-41-44-47-50-53-59(68)75-56-58(77-60(69)54-51-48-45-42-40-37-34-31-28-26-23-20-17-14-11-8-5-2)57-76-67-65(63(72)62(71)64(79-67)66(73)74)78-61(70)55-52-49-46-43-39-35-24-21-18-15-12-9-6-3/h8,11-12,15-17,19-21,24-28,34,37,58,62-65,67,71-72H,4-7,9-10,13-14,18,22-23,29-33,35-36,38-57H2,1-3H3,(H,73,74)/b11-8-,15-12-,19-16-,20-17-,24-21-,27-25-,28-26-,37-34-. The Labute approximate surface area is 479 Å². The first-order chi connectivity index (χ1) is 38.6. The third kappa shape index (κ3) is 44.0. The molecule has 1 aliphatic rings. The quantitative estimate of drug-likeness (QED) is 0.0228. The number of carbonyl (C=O) groups is 4. The molecular formula is C67H110O12. The monoisotopic (exact) mass is 1110 g/mol. The Hall–Kier alpha value is -4.36. The number of rotatable bonds is 52. The summed E-state index contributed by atoms with van der Waals surface area (Å²) in [7, 11) is 0. The third-order valence-corrected chi connectivity index (χ3v) is 13.6. The van der Waals surface area contributed by atoms with Crippen LogP contribution in [0.15, 0.2) is 97.2 Å². The van der Waals surface area contributed by atoms with E-state index in [1.807, 2.05) is 0 Å². The second-order valence-corrected chi connectivity index (χ2v) is 20.9. The summed E-state index contributed by atoms with van der Waals surface area (Å²) in [6.45, 7) is 5.77. The van der Waals surface area contributed by atoms with Crippen molar-refractivity contribution in [3.05, 3.63) is 97.2 Å². The van der Waals surface area contributed by atoms with Crippen LogP contribution in [0.1, 0.15) is 252 Å². The van der Waals surface area contributed by atoms with Crippen LogP contribution >= 0.6 is 0 Å². The lowest BCUT2D eigenvalue weighted by Crippen LogP contribution is -2.61. The SMILES string of the molecule is CC/C=C\C/C=C\C/C=C\C/C=C\CCCCCCC(=O)OC(COC(=O)CCCCCCCCCCC/C=C\C/C=C\CCCCC)COC1OC(C(=O)O)C(O)C(O)C1OC(=O)CCCCCCC/C=C\C/C=C\CCC. The Morgan fingerprint density at radius 1 is 0.430 bits per heavy atom. The molecule has 0 aromatic heterocycles. The fourth-order valence-corrected chi connectivity index (χ4v) is 8.84. The van der Waals surface area contributed by atoms with E-state index in [-0.39, 0.29) is 25.9 Å². The van der Waals surface area contributed by atoms with Crippen LogP contribution in [0.25, 0.3) is 0 Å². The molecule has 0 radical (unpaired) electrons. The molecule has 0 bridgehead atoms. The number of carbonyl (C=O) groups excluding carboxylic acids is 3. The predicted molar refractivity (Wildman–Crippen MR) is 321 cm³/mol. The van der Waals surface area contributed by atoms with Crippen molar-refractivity contribution in [2.45, 2.75) is 289 Å². The van der Waals surface area contributed by atoms with Crippen LogP contribution in [0.2, 0.25) is 0 Å². The molecular weight excluding hydrogens is 997 g/mol. The summed E-state index contributed by atoms with van der Waals surface area (Å²) < 4.78 is 28.4. The maximum Gasteiger partial charge on any atom is 0.335 e. The van der Waals surface area contributed by atoms with Gasteiger partial charge in [0.15, 0.2) is 24.6 Å². The zero-order chi connectivity index (χ0) is 57.5. The molecule has 3 N–H and O–H groups in total. The van der Waals surface area contributed by atoms with Gasteiger partial charge in [-0.2, -0.15) is 0 Å². The number of unbranched alkanes of at least 4 members (excludes halogenated alkanes) is 22. The molecule has 0 aromatic carbocycles. The smallest absolute Gasteiger partial charge is 0.335 e. The van der Waals surface area contributed by atoms with Crippen LogP contribution in [0, 0.1) is 0 Å². The summed E-state index contributed by atoms with van der Waals surface area (Å²) >= 11 is 0. The first-order valence-electron chi connectivity index (χ1n) is 31.2. The Bertz CT molecular complexity index is 1740. The summed E-state index contributed by atoms with van der Waals surface area (Å²) in [4.78, 5) is 51.2. The van der Waals surface area contributed by atoms with Gasteiger partial charge < -0.3 is 39.0 Å². The fraction of sp³-hybridized carbons (Fsp3) is 0.701. The highest BCUT2D eigenvalue weighted by Crippen LogP contribution is 2.26. The van der Waals surface area contributed by atoms with E-state index in [4.69, 9.17) is 23.7 Å². The summed E-state index contributed by atoms with van der Waals surface area (Å²) in [6, 6.07) is 0. The van der Waals surface area contributed by atoms with E-state index >= 15 is 0 Å². The van der Waals surface area contributed by atoms with Gasteiger partial charge in [-0.25, -0.2) is 4.79 Å². The molecule has 0 amide bonds. The van der Waals surface area contributed by atoms with Gasteiger partial charge in [-0.1, -0.05) is 214 Å². The Balaban J connectivity index is 2.69. The highest BCUT2D eigenvalue weighted by molar-refractivity contribution is 5.74. The van der Waals surface area contributed by atoms with Crippen LogP contribution in [0.5, 0.6) is 0 Å². The van der Waals surface area contributed by atoms with Crippen LogP contribution in [0.4, 0.5) is 0 Å². The largest absolute Gasteiger partial charge is 0.479 e. The van der Waals surface area contributed by atoms with Crippen molar-refractivity contribution in [3.8, 4) is 0 Å². The number of aliphatic hydroxyl groups is 2. The molecule has 1 rings (SSSR count). The molecule has 1 aliphatic heterocycles. The zero-order valence-corrected chi connectivity index (χ0v) is 49.6. The Morgan fingerprint density at radius 2 is 0.823 bits per heavy atom. The first kappa shape index (κ1) is 72.7. The number of allylic oxidation sites excluding steroid dienone is 16. The van der Waals surface area contributed by atoms with E-state index < -0.39 is 67.3 Å². The average molecular weight is 1110 g/mol. The second-order valence-electron chi connectivity index (χ2n) is 20.9. The topological polar surface area (TPSA) is 175 Å². The Morgan fingerprint density at radius 3 is 1.27 bits per heavy atom. The minimum absolute atomic E-state index is 0.0370. The molecule has 1 saturated heterocycles. The minimum atomic E-state index is -1.92. The lowest BCUT2D eigenvalue weighted by atomic mass is 9.98. The summed E-state index contributed by atoms with van der Waals surface area (Å²) in [5.74, 6) is -3.18. The number of carboxylic acids is 1. The summed E-state index contributed by atoms with van der Waals surface area (Å²) in [5.41, 5.74) is 0. The van der Waals surface area contributed by atoms with Crippen molar-refractivity contribution in [2.75, 3.05) is 13.2 Å². The van der Waals surface area contributed by atoms with E-state index in [0.717, 1.165) is 135 Å². The van der Waals surface area contributed by atoms with Crippen LogP contribution < -0.4 is 0 Å². The van der Waals surface area contributed by atoms with Crippen molar-refractivity contribution in [1.29, 1.82) is 0 Å². The Kier molecular flexibility index (Phi) is 49.9. The molecule has 1 heterocycles. The molecule has 1 fully saturated rings. The number of aliphatic hydroxyl groups excluding tert-OH is 2. The molecule has 6 atom stereocenters. The van der Waals surface area contributed by atoms with Gasteiger partial charge in [0.25, 0.3) is 0 Å². The van der Waals surface area contributed by atoms with Gasteiger partial charge in [0, 0.05) is 19.3 Å². The molecule has 79 heavy (non-hydrogen) atoms. The van der Waals surface area contributed by atoms with Crippen molar-refractivity contribution in [2.24, 2.45) is 0 Å². The molecule has 6 unspecified atom stereocenters. The maximum atomic E-state index is 13.2. The number of esters is 3. The van der Waals surface area contributed by atoms with Gasteiger partial charge in [-0.3, -0.25) is 14.4 Å². The normalized spacial score (nSPS) is 18.5. The van der Waals surface area contributed by atoms with Gasteiger partial charge in [0.05, 0.1) is 6.61 Å². The van der Waals surface area contributed by atoms with Crippen molar-refractivity contribution >= 4 is 23.9 Å². The van der Waals surface area contributed by atoms with E-state index in [9.17, 15) is 34.5 Å². The zero-order valence-electron chi connectivity index (χ0n) is 49.6. The summed E-state index contributed by atoms with van der Waals surface area (Å²) in [5, 5.41) is 31.5. The van der Waals surface area contributed by atoms with E-state index in [2.05, 4.69) is 118 Å². The van der Waals surface area contributed by atoms with Crippen molar-refractivity contribution in [1.82, 2.24) is 0 Å². The fourth-order valence-electron chi connectivity index (χ4n) is 8.84. The minimum Gasteiger partial charge on any atom is -0.479 e. The molecule has 0 aromatic rings. The van der Waals surface area contributed by atoms with Gasteiger partial charge in [-0.05, 0) is 116 Å². The number of hydrogen-bond acceptors (Lipinski definition) is 11. The molecule has 0 spiro atoms. The van der Waals surface area contributed by atoms with E-state index in [1.165, 1.54) is 57.8 Å². The summed E-state index contributed by atoms with van der Waals surface area (Å²) in [6.07, 6.45) is 59.4. The number of ether oxygens (including phenoxy) is 5. The van der Waals surface area contributed by atoms with Crippen LogP contribution in [-0.2, 0) is 42.9 Å². The molecule has 0 aliphatic carbocycles. The highest BCUT2D eigenvalue weighted by atomic mass is 16.7. The first-order valence-corrected chi connectivity index (χ1v) is 31.2. The van der Waals surface area contributed by atoms with Crippen LogP contribution in [-0.4, -0.2) is 89.2 Å². The molecule has 0 saturated carbocycles. The van der Waals surface area contributed by atoms with E-state index in [1.54, 1.807) is 0 Å².